The van der Waals surface area contributed by atoms with Crippen molar-refractivity contribution in [1.29, 1.82) is 0 Å². The van der Waals surface area contributed by atoms with E-state index in [-0.39, 0.29) is 5.56 Å². The topological polar surface area (TPSA) is 59.4 Å². The zero-order chi connectivity index (χ0) is 14.8. The van der Waals surface area contributed by atoms with Crippen molar-refractivity contribution in [3.8, 4) is 11.6 Å². The van der Waals surface area contributed by atoms with Gasteiger partial charge in [-0.1, -0.05) is 6.07 Å². The highest BCUT2D eigenvalue weighted by atomic mass is 127. The number of ether oxygens (including phenoxy) is 1. The number of pyridine rings is 1. The molecule has 0 bridgehead atoms. The molecule has 21 heavy (non-hydrogen) atoms. The minimum absolute atomic E-state index is 0.237. The number of aromatic carboxylic acids is 1. The Morgan fingerprint density at radius 2 is 1.81 bits per heavy atom. The first-order valence-corrected chi connectivity index (χ1v) is 7.28. The monoisotopic (exact) mass is 391 g/mol. The summed E-state index contributed by atoms with van der Waals surface area (Å²) in [5.41, 5.74) is 0.832. The molecule has 0 atom stereocenters. The van der Waals surface area contributed by atoms with Gasteiger partial charge in [0.2, 0.25) is 5.88 Å². The van der Waals surface area contributed by atoms with Gasteiger partial charge in [-0.05, 0) is 65.1 Å². The van der Waals surface area contributed by atoms with Crippen LogP contribution >= 0.6 is 22.6 Å². The van der Waals surface area contributed by atoms with Crippen LogP contribution in [-0.2, 0) is 0 Å². The highest BCUT2D eigenvalue weighted by Crippen LogP contribution is 2.24. The first-order chi connectivity index (χ1) is 10.1. The van der Waals surface area contributed by atoms with E-state index in [1.165, 1.54) is 0 Å². The number of carboxylic acid groups (broad SMARTS) is 1. The highest BCUT2D eigenvalue weighted by molar-refractivity contribution is 14.1. The molecule has 0 saturated carbocycles. The molecule has 1 N–H and O–H groups in total. The fourth-order valence-electron chi connectivity index (χ4n) is 2.00. The standard InChI is InChI=1S/C16H10INO3/c17-10-4-6-11(7-5-10)21-15-9-8-12-13(16(19)20)2-1-3-14(12)18-15/h1-9H,(H,19,20). The van der Waals surface area contributed by atoms with Gasteiger partial charge in [-0.15, -0.1) is 0 Å². The van der Waals surface area contributed by atoms with Gasteiger partial charge in [-0.2, -0.15) is 0 Å². The van der Waals surface area contributed by atoms with Crippen LogP contribution in [0.3, 0.4) is 0 Å². The summed E-state index contributed by atoms with van der Waals surface area (Å²) >= 11 is 2.22. The summed E-state index contributed by atoms with van der Waals surface area (Å²) in [5, 5.41) is 9.75. The second-order valence-electron chi connectivity index (χ2n) is 4.38. The average Bonchev–Trinajstić information content (AvgIpc) is 2.48. The predicted molar refractivity (Wildman–Crippen MR) is 87.9 cm³/mol. The second kappa shape index (κ2) is 5.69. The molecule has 0 saturated heterocycles. The number of hydrogen-bond donors (Lipinski definition) is 1. The summed E-state index contributed by atoms with van der Waals surface area (Å²) < 4.78 is 6.80. The molecule has 0 aliphatic heterocycles. The van der Waals surface area contributed by atoms with Gasteiger partial charge in [-0.25, -0.2) is 9.78 Å². The smallest absolute Gasteiger partial charge is 0.336 e. The molecule has 0 aliphatic rings. The number of carbonyl (C=O) groups is 1. The fourth-order valence-corrected chi connectivity index (χ4v) is 2.36. The molecule has 3 rings (SSSR count). The maximum absolute atomic E-state index is 11.2. The predicted octanol–water partition coefficient (Wildman–Crippen LogP) is 4.33. The Hall–Kier alpha value is -2.15. The number of hydrogen-bond acceptors (Lipinski definition) is 3. The molecule has 4 nitrogen and oxygen atoms in total. The van der Waals surface area contributed by atoms with Crippen molar-refractivity contribution in [2.75, 3.05) is 0 Å². The molecule has 5 heteroatoms. The fraction of sp³-hybridized carbons (Fsp3) is 0. The van der Waals surface area contributed by atoms with Gasteiger partial charge >= 0.3 is 5.97 Å². The van der Waals surface area contributed by atoms with Gasteiger partial charge < -0.3 is 9.84 Å². The molecule has 1 heterocycles. The molecular formula is C16H10INO3. The number of rotatable bonds is 3. The van der Waals surface area contributed by atoms with Crippen molar-refractivity contribution in [1.82, 2.24) is 4.98 Å². The lowest BCUT2D eigenvalue weighted by Crippen LogP contribution is -1.98. The first-order valence-electron chi connectivity index (χ1n) is 6.20. The summed E-state index contributed by atoms with van der Waals surface area (Å²) in [6.45, 7) is 0. The maximum Gasteiger partial charge on any atom is 0.336 e. The minimum Gasteiger partial charge on any atom is -0.478 e. The summed E-state index contributed by atoms with van der Waals surface area (Å²) in [7, 11) is 0. The molecule has 0 spiro atoms. The van der Waals surface area contributed by atoms with E-state index in [9.17, 15) is 4.79 Å². The molecular weight excluding hydrogens is 381 g/mol. The van der Waals surface area contributed by atoms with Gasteiger partial charge in [0.15, 0.2) is 0 Å². The number of nitrogens with zero attached hydrogens (tertiary/aromatic N) is 1. The Labute approximate surface area is 134 Å². The van der Waals surface area contributed by atoms with Gasteiger partial charge in [0.1, 0.15) is 5.75 Å². The van der Waals surface area contributed by atoms with Gasteiger partial charge in [-0.3, -0.25) is 0 Å². The van der Waals surface area contributed by atoms with Crippen LogP contribution in [0.2, 0.25) is 0 Å². The Balaban J connectivity index is 1.98. The number of carboxylic acids is 1. The minimum atomic E-state index is -0.964. The van der Waals surface area contributed by atoms with Crippen molar-refractivity contribution in [3.63, 3.8) is 0 Å². The van der Waals surface area contributed by atoms with Crippen LogP contribution in [0.5, 0.6) is 11.6 Å². The number of halogens is 1. The lowest BCUT2D eigenvalue weighted by Gasteiger charge is -2.07. The van der Waals surface area contributed by atoms with Crippen molar-refractivity contribution in [2.24, 2.45) is 0 Å². The normalized spacial score (nSPS) is 10.5. The van der Waals surface area contributed by atoms with Crippen LogP contribution in [0.4, 0.5) is 0 Å². The molecule has 0 fully saturated rings. The molecule has 0 unspecified atom stereocenters. The quantitative estimate of drug-likeness (QED) is 0.676. The summed E-state index contributed by atoms with van der Waals surface area (Å²) in [6.07, 6.45) is 0. The maximum atomic E-state index is 11.2. The van der Waals surface area contributed by atoms with Crippen LogP contribution in [0, 0.1) is 3.57 Å². The van der Waals surface area contributed by atoms with E-state index in [0.717, 1.165) is 3.57 Å². The van der Waals surface area contributed by atoms with Gasteiger partial charge in [0, 0.05) is 15.0 Å². The molecule has 1 aromatic heterocycles. The average molecular weight is 391 g/mol. The highest BCUT2D eigenvalue weighted by Gasteiger charge is 2.09. The Kier molecular flexibility index (Phi) is 3.74. The molecule has 0 aliphatic carbocycles. The zero-order valence-corrected chi connectivity index (χ0v) is 12.9. The molecule has 0 radical (unpaired) electrons. The summed E-state index contributed by atoms with van der Waals surface area (Å²) in [6, 6.07) is 16.0. The lowest BCUT2D eigenvalue weighted by atomic mass is 10.1. The van der Waals surface area contributed by atoms with E-state index in [1.54, 1.807) is 30.3 Å². The van der Waals surface area contributed by atoms with Gasteiger partial charge in [0.25, 0.3) is 0 Å². The van der Waals surface area contributed by atoms with E-state index in [1.807, 2.05) is 24.3 Å². The third-order valence-electron chi connectivity index (χ3n) is 2.97. The number of benzene rings is 2. The number of fused-ring (bicyclic) bond motifs is 1. The zero-order valence-electron chi connectivity index (χ0n) is 10.8. The molecule has 104 valence electrons. The number of aromatic nitrogens is 1. The first kappa shape index (κ1) is 13.8. The Morgan fingerprint density at radius 3 is 2.52 bits per heavy atom. The van der Waals surface area contributed by atoms with E-state index in [4.69, 9.17) is 9.84 Å². The van der Waals surface area contributed by atoms with E-state index in [0.29, 0.717) is 22.5 Å². The van der Waals surface area contributed by atoms with Crippen LogP contribution in [-0.4, -0.2) is 16.1 Å². The molecule has 0 amide bonds. The third kappa shape index (κ3) is 2.97. The summed E-state index contributed by atoms with van der Waals surface area (Å²) in [4.78, 5) is 15.5. The molecule has 3 aromatic rings. The Morgan fingerprint density at radius 1 is 1.05 bits per heavy atom. The largest absolute Gasteiger partial charge is 0.478 e. The lowest BCUT2D eigenvalue weighted by molar-refractivity contribution is 0.0699. The van der Waals surface area contributed by atoms with E-state index < -0.39 is 5.97 Å². The van der Waals surface area contributed by atoms with Gasteiger partial charge in [0.05, 0.1) is 11.1 Å². The van der Waals surface area contributed by atoms with Crippen LogP contribution in [0.15, 0.2) is 54.6 Å². The second-order valence-corrected chi connectivity index (χ2v) is 5.63. The van der Waals surface area contributed by atoms with Crippen molar-refractivity contribution in [2.45, 2.75) is 0 Å². The molecule has 2 aromatic carbocycles. The van der Waals surface area contributed by atoms with Crippen molar-refractivity contribution >= 4 is 39.5 Å². The summed E-state index contributed by atoms with van der Waals surface area (Å²) in [5.74, 6) is 0.164. The van der Waals surface area contributed by atoms with E-state index in [2.05, 4.69) is 27.6 Å². The van der Waals surface area contributed by atoms with E-state index >= 15 is 0 Å². The van der Waals surface area contributed by atoms with Crippen molar-refractivity contribution < 1.29 is 14.6 Å². The Bertz CT molecular complexity index is 815. The van der Waals surface area contributed by atoms with Crippen LogP contribution in [0.25, 0.3) is 10.9 Å². The third-order valence-corrected chi connectivity index (χ3v) is 3.69. The SMILES string of the molecule is O=C(O)c1cccc2nc(Oc3ccc(I)cc3)ccc12. The van der Waals surface area contributed by atoms with Crippen LogP contribution < -0.4 is 4.74 Å². The van der Waals surface area contributed by atoms with Crippen LogP contribution in [0.1, 0.15) is 10.4 Å². The van der Waals surface area contributed by atoms with Crippen molar-refractivity contribution in [3.05, 3.63) is 63.7 Å².